The van der Waals surface area contributed by atoms with Gasteiger partial charge >= 0.3 is 0 Å². The molecule has 1 saturated heterocycles. The Kier molecular flexibility index (Phi) is 5.04. The van der Waals surface area contributed by atoms with Gasteiger partial charge in [-0.1, -0.05) is 67.8 Å². The third-order valence-corrected chi connectivity index (χ3v) is 7.84. The molecule has 2 nitrogen and oxygen atoms in total. The van der Waals surface area contributed by atoms with E-state index in [-0.39, 0.29) is 0 Å². The molecule has 2 fully saturated rings. The molecule has 2 aliphatic rings. The molecule has 1 saturated carbocycles. The zero-order chi connectivity index (χ0) is 20.6. The summed E-state index contributed by atoms with van der Waals surface area (Å²) in [6, 6.07) is 27.8. The van der Waals surface area contributed by atoms with E-state index in [1.165, 1.54) is 79.0 Å². The monoisotopic (exact) mass is 408 g/mol. The lowest BCUT2D eigenvalue weighted by Gasteiger charge is -2.40. The molecule has 1 aliphatic heterocycles. The minimum absolute atomic E-state index is 0.705. The van der Waals surface area contributed by atoms with Crippen LogP contribution in [-0.4, -0.2) is 17.2 Å². The Morgan fingerprint density at radius 1 is 0.645 bits per heavy atom. The van der Waals surface area contributed by atoms with Gasteiger partial charge in [-0.3, -0.25) is 0 Å². The molecule has 4 aromatic rings. The number of benzene rings is 3. The Bertz CT molecular complexity index is 1130. The molecule has 31 heavy (non-hydrogen) atoms. The number of para-hydroxylation sites is 2. The maximum atomic E-state index is 3.86. The highest BCUT2D eigenvalue weighted by molar-refractivity contribution is 6.09. The van der Waals surface area contributed by atoms with Gasteiger partial charge < -0.3 is 9.88 Å². The van der Waals surface area contributed by atoms with E-state index in [0.29, 0.717) is 5.92 Å². The predicted octanol–water partition coefficient (Wildman–Crippen LogP) is 7.20. The Labute approximate surface area is 185 Å². The van der Waals surface area contributed by atoms with Crippen LogP contribution in [0.2, 0.25) is 0 Å². The number of rotatable bonds is 3. The Morgan fingerprint density at radius 3 is 1.97 bits per heavy atom. The van der Waals surface area contributed by atoms with Crippen molar-refractivity contribution in [3.05, 3.63) is 78.4 Å². The molecular weight excluding hydrogens is 376 g/mol. The van der Waals surface area contributed by atoms with E-state index in [4.69, 9.17) is 0 Å². The highest BCUT2D eigenvalue weighted by Gasteiger charge is 2.33. The molecule has 0 spiro atoms. The molecule has 6 rings (SSSR count). The summed E-state index contributed by atoms with van der Waals surface area (Å²) in [5.41, 5.74) is 5.39. The van der Waals surface area contributed by atoms with E-state index in [9.17, 15) is 0 Å². The van der Waals surface area contributed by atoms with Crippen LogP contribution in [-0.2, 0) is 0 Å². The van der Waals surface area contributed by atoms with Gasteiger partial charge in [-0.15, -0.1) is 0 Å². The van der Waals surface area contributed by atoms with Gasteiger partial charge in [0.25, 0.3) is 0 Å². The van der Waals surface area contributed by atoms with Crippen molar-refractivity contribution in [2.24, 2.45) is 5.92 Å². The Hall–Kier alpha value is -2.58. The topological polar surface area (TPSA) is 17.0 Å². The molecule has 0 radical (unpaired) electrons. The van der Waals surface area contributed by atoms with Crippen molar-refractivity contribution in [2.75, 3.05) is 6.54 Å². The zero-order valence-electron chi connectivity index (χ0n) is 18.3. The Balaban J connectivity index is 1.38. The second-order valence-corrected chi connectivity index (χ2v) is 9.57. The average molecular weight is 409 g/mol. The van der Waals surface area contributed by atoms with Gasteiger partial charge in [0, 0.05) is 22.5 Å². The summed E-state index contributed by atoms with van der Waals surface area (Å²) in [6.45, 7) is 1.21. The van der Waals surface area contributed by atoms with E-state index in [1.54, 1.807) is 5.56 Å². The first-order chi connectivity index (χ1) is 15.4. The number of aromatic nitrogens is 1. The lowest BCUT2D eigenvalue weighted by atomic mass is 9.70. The molecule has 3 unspecified atom stereocenters. The zero-order valence-corrected chi connectivity index (χ0v) is 18.3. The van der Waals surface area contributed by atoms with Gasteiger partial charge in [-0.05, 0) is 73.9 Å². The maximum Gasteiger partial charge on any atom is 0.0541 e. The van der Waals surface area contributed by atoms with Crippen molar-refractivity contribution < 1.29 is 0 Å². The summed E-state index contributed by atoms with van der Waals surface area (Å²) in [6.07, 6.45) is 9.62. The summed E-state index contributed by atoms with van der Waals surface area (Å²) in [7, 11) is 0. The van der Waals surface area contributed by atoms with Crippen LogP contribution in [0.15, 0.2) is 72.8 Å². The average Bonchev–Trinajstić information content (AvgIpc) is 3.19. The number of hydrogen-bond donors (Lipinski definition) is 1. The number of piperidine rings is 1. The number of nitrogens with zero attached hydrogens (tertiary/aromatic N) is 1. The van der Waals surface area contributed by atoms with E-state index in [2.05, 4.69) is 82.7 Å². The van der Waals surface area contributed by atoms with Crippen molar-refractivity contribution >= 4 is 21.8 Å². The van der Waals surface area contributed by atoms with Crippen molar-refractivity contribution in [1.82, 2.24) is 9.88 Å². The molecule has 3 aromatic carbocycles. The lowest BCUT2D eigenvalue weighted by molar-refractivity contribution is 0.205. The third-order valence-electron chi connectivity index (χ3n) is 7.84. The fourth-order valence-electron chi connectivity index (χ4n) is 6.37. The summed E-state index contributed by atoms with van der Waals surface area (Å²) in [5.74, 6) is 1.50. The third kappa shape index (κ3) is 3.38. The van der Waals surface area contributed by atoms with E-state index in [0.717, 1.165) is 12.0 Å². The second-order valence-electron chi connectivity index (χ2n) is 9.57. The quantitative estimate of drug-likeness (QED) is 0.379. The van der Waals surface area contributed by atoms with Crippen LogP contribution >= 0.6 is 0 Å². The fourth-order valence-corrected chi connectivity index (χ4v) is 6.37. The van der Waals surface area contributed by atoms with Gasteiger partial charge in [0.2, 0.25) is 0 Å². The van der Waals surface area contributed by atoms with Crippen LogP contribution in [0.3, 0.4) is 0 Å². The van der Waals surface area contributed by atoms with Gasteiger partial charge in [0.05, 0.1) is 11.0 Å². The minimum atomic E-state index is 0.705. The SMILES string of the molecule is c1ccc2c(c1)c1ccccc1n2-c1ccc(C2CCCCC2C2CCCCN2)cc1. The number of hydrogen-bond acceptors (Lipinski definition) is 1. The van der Waals surface area contributed by atoms with Crippen LogP contribution in [0.5, 0.6) is 0 Å². The van der Waals surface area contributed by atoms with Crippen LogP contribution in [0.25, 0.3) is 27.5 Å². The first-order valence-electron chi connectivity index (χ1n) is 12.2. The maximum absolute atomic E-state index is 3.86. The highest BCUT2D eigenvalue weighted by Crippen LogP contribution is 2.42. The van der Waals surface area contributed by atoms with Crippen molar-refractivity contribution in [1.29, 1.82) is 0 Å². The Morgan fingerprint density at radius 2 is 1.29 bits per heavy atom. The van der Waals surface area contributed by atoms with Gasteiger partial charge in [-0.2, -0.15) is 0 Å². The van der Waals surface area contributed by atoms with Crippen molar-refractivity contribution in [2.45, 2.75) is 56.9 Å². The smallest absolute Gasteiger partial charge is 0.0541 e. The molecular formula is C29H32N2. The van der Waals surface area contributed by atoms with Gasteiger partial charge in [0.1, 0.15) is 0 Å². The van der Waals surface area contributed by atoms with Crippen molar-refractivity contribution in [3.63, 3.8) is 0 Å². The van der Waals surface area contributed by atoms with E-state index < -0.39 is 0 Å². The highest BCUT2D eigenvalue weighted by atomic mass is 15.0. The van der Waals surface area contributed by atoms with Crippen LogP contribution < -0.4 is 5.32 Å². The van der Waals surface area contributed by atoms with Gasteiger partial charge in [-0.25, -0.2) is 0 Å². The van der Waals surface area contributed by atoms with E-state index >= 15 is 0 Å². The van der Waals surface area contributed by atoms with Crippen LogP contribution in [0, 0.1) is 5.92 Å². The molecule has 3 atom stereocenters. The molecule has 0 bridgehead atoms. The minimum Gasteiger partial charge on any atom is -0.314 e. The standard InChI is InChI=1S/C29H32N2/c1-2-10-24(27-13-7-8-20-30-27)23(9-1)21-16-18-22(19-17-21)31-28-14-5-3-11-25(28)26-12-4-6-15-29(26)31/h3-6,11-12,14-19,23-24,27,30H,1-2,7-10,13,20H2. The lowest BCUT2D eigenvalue weighted by Crippen LogP contribution is -2.43. The van der Waals surface area contributed by atoms with E-state index in [1.807, 2.05) is 0 Å². The summed E-state index contributed by atoms with van der Waals surface area (Å²) >= 11 is 0. The van der Waals surface area contributed by atoms with Crippen LogP contribution in [0.4, 0.5) is 0 Å². The number of fused-ring (bicyclic) bond motifs is 3. The molecule has 2 heterocycles. The molecule has 158 valence electrons. The largest absolute Gasteiger partial charge is 0.314 e. The molecule has 1 aromatic heterocycles. The summed E-state index contributed by atoms with van der Waals surface area (Å²) < 4.78 is 2.43. The normalized spacial score (nSPS) is 24.6. The molecule has 0 amide bonds. The molecule has 2 heteroatoms. The summed E-state index contributed by atoms with van der Waals surface area (Å²) in [5, 5.41) is 6.52. The van der Waals surface area contributed by atoms with Gasteiger partial charge in [0.15, 0.2) is 0 Å². The molecule has 1 N–H and O–H groups in total. The summed E-state index contributed by atoms with van der Waals surface area (Å²) in [4.78, 5) is 0. The first kappa shape index (κ1) is 19.1. The van der Waals surface area contributed by atoms with Crippen LogP contribution in [0.1, 0.15) is 56.4 Å². The number of nitrogens with one attached hydrogen (secondary N) is 1. The van der Waals surface area contributed by atoms with Crippen molar-refractivity contribution in [3.8, 4) is 5.69 Å². The fraction of sp³-hybridized carbons (Fsp3) is 0.379. The first-order valence-corrected chi connectivity index (χ1v) is 12.2. The second kappa shape index (κ2) is 8.16. The predicted molar refractivity (Wildman–Crippen MR) is 131 cm³/mol. The molecule has 1 aliphatic carbocycles.